The van der Waals surface area contributed by atoms with Crippen molar-refractivity contribution in [3.05, 3.63) is 0 Å². The van der Waals surface area contributed by atoms with E-state index in [-0.39, 0.29) is 0 Å². The second-order valence-electron chi connectivity index (χ2n) is 5.26. The number of hydrogen-bond acceptors (Lipinski definition) is 2. The fourth-order valence-corrected chi connectivity index (χ4v) is 2.10. The quantitative estimate of drug-likeness (QED) is 0.578. The van der Waals surface area contributed by atoms with Crippen LogP contribution in [0.2, 0.25) is 0 Å². The topological polar surface area (TPSA) is 15.3 Å². The minimum absolute atomic E-state index is 0.771. The lowest BCUT2D eigenvalue weighted by atomic mass is 10.1. The summed E-state index contributed by atoms with van der Waals surface area (Å²) in [5.74, 6) is 0.771. The fraction of sp³-hybridized carbons (Fsp3) is 1.00. The molecule has 0 amide bonds. The maximum Gasteiger partial charge on any atom is 0.00869 e. The Bertz CT molecular complexity index is 142. The summed E-state index contributed by atoms with van der Waals surface area (Å²) in [6.45, 7) is 12.7. The maximum absolute atomic E-state index is 3.50. The van der Waals surface area contributed by atoms with Crippen LogP contribution in [0.1, 0.15) is 53.4 Å². The summed E-state index contributed by atoms with van der Waals surface area (Å²) < 4.78 is 0. The summed E-state index contributed by atoms with van der Waals surface area (Å²) in [7, 11) is 2.26. The molecule has 16 heavy (non-hydrogen) atoms. The first kappa shape index (κ1) is 15.9. The van der Waals surface area contributed by atoms with Gasteiger partial charge >= 0.3 is 0 Å². The molecule has 0 aromatic carbocycles. The van der Waals surface area contributed by atoms with E-state index >= 15 is 0 Å². The van der Waals surface area contributed by atoms with E-state index in [4.69, 9.17) is 0 Å². The Kier molecular flexibility index (Phi) is 10.0. The first-order chi connectivity index (χ1) is 7.61. The minimum Gasteiger partial charge on any atom is -0.316 e. The van der Waals surface area contributed by atoms with Gasteiger partial charge in [-0.1, -0.05) is 27.7 Å². The van der Waals surface area contributed by atoms with Crippen molar-refractivity contribution >= 4 is 0 Å². The van der Waals surface area contributed by atoms with Crippen molar-refractivity contribution < 1.29 is 0 Å². The van der Waals surface area contributed by atoms with Crippen LogP contribution in [0.5, 0.6) is 0 Å². The van der Waals surface area contributed by atoms with E-state index in [9.17, 15) is 0 Å². The van der Waals surface area contributed by atoms with Crippen LogP contribution in [0.4, 0.5) is 0 Å². The number of unbranched alkanes of at least 4 members (excludes halogenated alkanes) is 1. The molecule has 0 spiro atoms. The SMILES string of the molecule is CCC(CC)N(C)CCCCNCC(C)C. The Morgan fingerprint density at radius 3 is 2.19 bits per heavy atom. The predicted molar refractivity (Wildman–Crippen MR) is 73.9 cm³/mol. The van der Waals surface area contributed by atoms with Gasteiger partial charge < -0.3 is 10.2 Å². The Morgan fingerprint density at radius 1 is 1.06 bits per heavy atom. The number of nitrogens with one attached hydrogen (secondary N) is 1. The van der Waals surface area contributed by atoms with Crippen LogP contribution in [0.15, 0.2) is 0 Å². The van der Waals surface area contributed by atoms with Gasteiger partial charge in [0.2, 0.25) is 0 Å². The molecule has 0 aliphatic carbocycles. The van der Waals surface area contributed by atoms with Gasteiger partial charge in [0, 0.05) is 6.04 Å². The van der Waals surface area contributed by atoms with Gasteiger partial charge in [0.25, 0.3) is 0 Å². The highest BCUT2D eigenvalue weighted by Gasteiger charge is 2.08. The first-order valence-corrected chi connectivity index (χ1v) is 7.02. The maximum atomic E-state index is 3.50. The van der Waals surface area contributed by atoms with E-state index in [2.05, 4.69) is 45.0 Å². The summed E-state index contributed by atoms with van der Waals surface area (Å²) in [4.78, 5) is 2.52. The molecule has 0 aliphatic rings. The third-order valence-electron chi connectivity index (χ3n) is 3.23. The molecular formula is C14H32N2. The van der Waals surface area contributed by atoms with Crippen LogP contribution >= 0.6 is 0 Å². The van der Waals surface area contributed by atoms with E-state index < -0.39 is 0 Å². The highest BCUT2D eigenvalue weighted by atomic mass is 15.1. The molecule has 0 aromatic rings. The zero-order valence-electron chi connectivity index (χ0n) is 12.1. The van der Waals surface area contributed by atoms with Gasteiger partial charge in [-0.3, -0.25) is 0 Å². The largest absolute Gasteiger partial charge is 0.316 e. The van der Waals surface area contributed by atoms with E-state index in [0.717, 1.165) is 18.5 Å². The Morgan fingerprint density at radius 2 is 1.69 bits per heavy atom. The van der Waals surface area contributed by atoms with Gasteiger partial charge in [-0.05, 0) is 58.3 Å². The van der Waals surface area contributed by atoms with Crippen molar-refractivity contribution in [2.75, 3.05) is 26.7 Å². The highest BCUT2D eigenvalue weighted by molar-refractivity contribution is 4.65. The second-order valence-corrected chi connectivity index (χ2v) is 5.26. The van der Waals surface area contributed by atoms with Gasteiger partial charge in [0.15, 0.2) is 0 Å². The molecule has 0 aliphatic heterocycles. The van der Waals surface area contributed by atoms with Crippen LogP contribution in [0, 0.1) is 5.92 Å². The van der Waals surface area contributed by atoms with Crippen molar-refractivity contribution in [1.29, 1.82) is 0 Å². The lowest BCUT2D eigenvalue weighted by molar-refractivity contribution is 0.225. The fourth-order valence-electron chi connectivity index (χ4n) is 2.10. The summed E-state index contributed by atoms with van der Waals surface area (Å²) >= 11 is 0. The van der Waals surface area contributed by atoms with E-state index in [1.54, 1.807) is 0 Å². The average Bonchev–Trinajstić information content (AvgIpc) is 2.24. The molecule has 0 saturated heterocycles. The van der Waals surface area contributed by atoms with Gasteiger partial charge in [0.1, 0.15) is 0 Å². The Hall–Kier alpha value is -0.0800. The average molecular weight is 228 g/mol. The Labute approximate surface area is 103 Å². The minimum atomic E-state index is 0.771. The lowest BCUT2D eigenvalue weighted by Gasteiger charge is -2.25. The van der Waals surface area contributed by atoms with Crippen LogP contribution in [-0.2, 0) is 0 Å². The zero-order valence-corrected chi connectivity index (χ0v) is 12.1. The molecule has 98 valence electrons. The first-order valence-electron chi connectivity index (χ1n) is 7.02. The van der Waals surface area contributed by atoms with E-state index in [1.165, 1.54) is 38.8 Å². The number of rotatable bonds is 10. The third-order valence-corrected chi connectivity index (χ3v) is 3.23. The monoisotopic (exact) mass is 228 g/mol. The van der Waals surface area contributed by atoms with E-state index in [0.29, 0.717) is 0 Å². The standard InChI is InChI=1S/C14H32N2/c1-6-14(7-2)16(5)11-9-8-10-15-12-13(3)4/h13-15H,6-12H2,1-5H3. The smallest absolute Gasteiger partial charge is 0.00869 e. The summed E-state index contributed by atoms with van der Waals surface area (Å²) in [6, 6.07) is 0.781. The molecule has 0 radical (unpaired) electrons. The van der Waals surface area contributed by atoms with Crippen molar-refractivity contribution in [2.24, 2.45) is 5.92 Å². The molecule has 0 bridgehead atoms. The van der Waals surface area contributed by atoms with Crippen LogP contribution < -0.4 is 5.32 Å². The third kappa shape index (κ3) is 8.12. The van der Waals surface area contributed by atoms with Crippen molar-refractivity contribution in [3.63, 3.8) is 0 Å². The van der Waals surface area contributed by atoms with Crippen LogP contribution in [0.3, 0.4) is 0 Å². The summed E-state index contributed by atoms with van der Waals surface area (Å²) in [5, 5.41) is 3.50. The molecule has 0 rings (SSSR count). The molecule has 0 fully saturated rings. The highest BCUT2D eigenvalue weighted by Crippen LogP contribution is 2.06. The summed E-state index contributed by atoms with van der Waals surface area (Å²) in [6.07, 6.45) is 5.17. The number of nitrogens with zero attached hydrogens (tertiary/aromatic N) is 1. The number of hydrogen-bond donors (Lipinski definition) is 1. The molecule has 0 aromatic heterocycles. The zero-order chi connectivity index (χ0) is 12.4. The van der Waals surface area contributed by atoms with Crippen molar-refractivity contribution in [1.82, 2.24) is 10.2 Å². The normalized spacial score (nSPS) is 12.0. The van der Waals surface area contributed by atoms with Gasteiger partial charge in [-0.25, -0.2) is 0 Å². The van der Waals surface area contributed by atoms with Gasteiger partial charge in [-0.2, -0.15) is 0 Å². The molecule has 1 N–H and O–H groups in total. The molecule has 0 saturated carbocycles. The predicted octanol–water partition coefficient (Wildman–Crippen LogP) is 3.13. The molecule has 0 atom stereocenters. The van der Waals surface area contributed by atoms with Gasteiger partial charge in [-0.15, -0.1) is 0 Å². The molecule has 2 heteroatoms. The molecular weight excluding hydrogens is 196 g/mol. The summed E-state index contributed by atoms with van der Waals surface area (Å²) in [5.41, 5.74) is 0. The molecule has 0 heterocycles. The van der Waals surface area contributed by atoms with Crippen molar-refractivity contribution in [2.45, 2.75) is 59.4 Å². The molecule has 0 unspecified atom stereocenters. The molecule has 2 nitrogen and oxygen atoms in total. The second kappa shape index (κ2) is 10.1. The van der Waals surface area contributed by atoms with Crippen molar-refractivity contribution in [3.8, 4) is 0 Å². The van der Waals surface area contributed by atoms with Gasteiger partial charge in [0.05, 0.1) is 0 Å². The lowest BCUT2D eigenvalue weighted by Crippen LogP contribution is -2.31. The van der Waals surface area contributed by atoms with Crippen LogP contribution in [-0.4, -0.2) is 37.6 Å². The Balaban J connectivity index is 3.36. The van der Waals surface area contributed by atoms with Crippen LogP contribution in [0.25, 0.3) is 0 Å². The van der Waals surface area contributed by atoms with E-state index in [1.807, 2.05) is 0 Å².